The maximum absolute atomic E-state index is 11.8. The van der Waals surface area contributed by atoms with Crippen LogP contribution in [0, 0.1) is 5.92 Å². The van der Waals surface area contributed by atoms with Crippen molar-refractivity contribution in [1.29, 1.82) is 0 Å². The molecule has 0 radical (unpaired) electrons. The Hall–Kier alpha value is -4.67. The number of aromatic hydroxyl groups is 1. The minimum absolute atomic E-state index is 0.116. The molecule has 0 aliphatic heterocycles. The quantitative estimate of drug-likeness (QED) is 0.159. The molecular formula is C32H31N3O6S. The van der Waals surface area contributed by atoms with Crippen LogP contribution < -0.4 is 5.73 Å². The van der Waals surface area contributed by atoms with E-state index < -0.39 is 23.9 Å². The molecule has 2 unspecified atom stereocenters. The number of aromatic nitrogens is 2. The molecule has 5 rings (SSSR count). The number of phenols is 1. The average molecular weight is 586 g/mol. The number of H-pyrrole nitrogens is 1. The Morgan fingerprint density at radius 2 is 1.79 bits per heavy atom. The third-order valence-corrected chi connectivity index (χ3v) is 7.31. The van der Waals surface area contributed by atoms with Gasteiger partial charge in [0, 0.05) is 39.7 Å². The minimum Gasteiger partial charge on any atom is -0.507 e. The molecule has 42 heavy (non-hydrogen) atoms. The van der Waals surface area contributed by atoms with Crippen molar-refractivity contribution in [3.8, 4) is 17.0 Å². The predicted molar refractivity (Wildman–Crippen MR) is 164 cm³/mol. The summed E-state index contributed by atoms with van der Waals surface area (Å²) in [6, 6.07) is 23.2. The molecule has 2 atom stereocenters. The molecule has 0 fully saturated rings. The van der Waals surface area contributed by atoms with E-state index in [1.54, 1.807) is 18.3 Å². The molecule has 4 N–H and O–H groups in total. The number of benzene rings is 3. The van der Waals surface area contributed by atoms with E-state index >= 15 is 0 Å². The average Bonchev–Trinajstić information content (AvgIpc) is 3.42. The SMILES string of the molecule is COC(=O)c1cc(-c2nccc3c2[nH]c2ccccc23)ccc1O.CSCC(C=O)C(N)C(=O)OCc1ccccc1. The number of nitrogens with zero attached hydrogens (tertiary/aromatic N) is 1. The highest BCUT2D eigenvalue weighted by atomic mass is 32.2. The molecule has 0 bridgehead atoms. The van der Waals surface area contributed by atoms with E-state index in [4.69, 9.17) is 15.2 Å². The zero-order valence-electron chi connectivity index (χ0n) is 23.2. The lowest BCUT2D eigenvalue weighted by Crippen LogP contribution is -2.41. The lowest BCUT2D eigenvalue weighted by molar-refractivity contribution is -0.148. The van der Waals surface area contributed by atoms with Gasteiger partial charge in [-0.2, -0.15) is 11.8 Å². The smallest absolute Gasteiger partial charge is 0.341 e. The Morgan fingerprint density at radius 3 is 2.50 bits per heavy atom. The summed E-state index contributed by atoms with van der Waals surface area (Å²) >= 11 is 1.48. The van der Waals surface area contributed by atoms with Gasteiger partial charge in [-0.05, 0) is 42.2 Å². The maximum Gasteiger partial charge on any atom is 0.341 e. The Morgan fingerprint density at radius 1 is 1.05 bits per heavy atom. The number of fused-ring (bicyclic) bond motifs is 3. The number of esters is 2. The highest BCUT2D eigenvalue weighted by Crippen LogP contribution is 2.33. The van der Waals surface area contributed by atoms with Crippen LogP contribution in [-0.2, 0) is 25.7 Å². The second-order valence-electron chi connectivity index (χ2n) is 9.35. The van der Waals surface area contributed by atoms with E-state index in [2.05, 4.69) is 16.0 Å². The maximum atomic E-state index is 11.8. The van der Waals surface area contributed by atoms with Gasteiger partial charge in [-0.25, -0.2) is 4.79 Å². The number of thioether (sulfide) groups is 1. The van der Waals surface area contributed by atoms with Gasteiger partial charge in [-0.1, -0.05) is 48.5 Å². The fourth-order valence-corrected chi connectivity index (χ4v) is 5.04. The van der Waals surface area contributed by atoms with Gasteiger partial charge in [0.15, 0.2) is 0 Å². The third-order valence-electron chi connectivity index (χ3n) is 6.59. The number of rotatable bonds is 9. The van der Waals surface area contributed by atoms with Crippen LogP contribution in [-0.4, -0.2) is 58.5 Å². The molecular weight excluding hydrogens is 554 g/mol. The molecule has 0 spiro atoms. The number of aldehydes is 1. The second-order valence-corrected chi connectivity index (χ2v) is 10.3. The summed E-state index contributed by atoms with van der Waals surface area (Å²) in [7, 11) is 1.28. The van der Waals surface area contributed by atoms with Crippen LogP contribution >= 0.6 is 11.8 Å². The Bertz CT molecular complexity index is 1690. The summed E-state index contributed by atoms with van der Waals surface area (Å²) < 4.78 is 9.80. The van der Waals surface area contributed by atoms with Crippen molar-refractivity contribution in [1.82, 2.24) is 9.97 Å². The zero-order chi connectivity index (χ0) is 30.1. The van der Waals surface area contributed by atoms with E-state index in [0.717, 1.165) is 32.9 Å². The predicted octanol–water partition coefficient (Wildman–Crippen LogP) is 5.11. The molecule has 5 aromatic rings. The van der Waals surface area contributed by atoms with Gasteiger partial charge in [0.05, 0.1) is 18.3 Å². The summed E-state index contributed by atoms with van der Waals surface area (Å²) in [5, 5.41) is 12.1. The lowest BCUT2D eigenvalue weighted by Gasteiger charge is -2.16. The number of aromatic amines is 1. The number of carbonyl (C=O) groups excluding carboxylic acids is 3. The van der Waals surface area contributed by atoms with E-state index in [1.807, 2.05) is 60.9 Å². The highest BCUT2D eigenvalue weighted by molar-refractivity contribution is 7.98. The van der Waals surface area contributed by atoms with Crippen LogP contribution in [0.1, 0.15) is 15.9 Å². The number of hydrogen-bond donors (Lipinski definition) is 3. The number of nitrogens with two attached hydrogens (primary N) is 1. The number of methoxy groups -OCH3 is 1. The zero-order valence-corrected chi connectivity index (χ0v) is 24.0. The first-order valence-electron chi connectivity index (χ1n) is 13.1. The minimum atomic E-state index is -0.890. The molecule has 2 heterocycles. The van der Waals surface area contributed by atoms with E-state index in [9.17, 15) is 19.5 Å². The summed E-state index contributed by atoms with van der Waals surface area (Å²) in [6.07, 6.45) is 4.31. The van der Waals surface area contributed by atoms with Crippen molar-refractivity contribution in [3.05, 3.63) is 96.2 Å². The molecule has 0 saturated heterocycles. The summed E-state index contributed by atoms with van der Waals surface area (Å²) in [5.74, 6) is -1.22. The standard InChI is InChI=1S/C19H14N2O3.C13H17NO3S/c1-24-19(23)14-10-11(6-7-16(14)22)17-18-13(8-9-20-17)12-4-2-3-5-15(12)21-18;1-18-9-11(7-15)12(14)13(16)17-8-10-5-3-2-4-6-10/h2-10,21-22H,1H3;2-7,11-12H,8-9,14H2,1H3. The molecule has 0 amide bonds. The molecule has 0 aliphatic carbocycles. The van der Waals surface area contributed by atoms with E-state index in [1.165, 1.54) is 24.9 Å². The van der Waals surface area contributed by atoms with Gasteiger partial charge < -0.3 is 30.1 Å². The van der Waals surface area contributed by atoms with Crippen molar-refractivity contribution in [2.45, 2.75) is 12.6 Å². The number of pyridine rings is 1. The largest absolute Gasteiger partial charge is 0.507 e. The Kier molecular flexibility index (Phi) is 10.3. The van der Waals surface area contributed by atoms with Crippen molar-refractivity contribution < 1.29 is 29.0 Å². The fraction of sp³-hybridized carbons (Fsp3) is 0.188. The molecule has 3 aromatic carbocycles. The first-order valence-corrected chi connectivity index (χ1v) is 14.4. The van der Waals surface area contributed by atoms with Crippen LogP contribution in [0.15, 0.2) is 85.1 Å². The van der Waals surface area contributed by atoms with Gasteiger partial charge in [0.1, 0.15) is 30.2 Å². The summed E-state index contributed by atoms with van der Waals surface area (Å²) in [4.78, 5) is 42.1. The molecule has 0 saturated carbocycles. The van der Waals surface area contributed by atoms with Crippen LogP contribution in [0.4, 0.5) is 0 Å². The number of para-hydroxylation sites is 1. The van der Waals surface area contributed by atoms with E-state index in [-0.39, 0.29) is 17.9 Å². The van der Waals surface area contributed by atoms with Gasteiger partial charge in [-0.3, -0.25) is 9.78 Å². The monoisotopic (exact) mass is 585 g/mol. The lowest BCUT2D eigenvalue weighted by atomic mass is 10.0. The highest BCUT2D eigenvalue weighted by Gasteiger charge is 2.25. The molecule has 0 aliphatic rings. The number of phenolic OH excluding ortho intramolecular Hbond substituents is 1. The molecule has 2 aromatic heterocycles. The Labute approximate surface area is 247 Å². The number of nitrogens with one attached hydrogen (secondary N) is 1. The number of ether oxygens (including phenoxy) is 2. The number of carbonyl (C=O) groups is 3. The van der Waals surface area contributed by atoms with Crippen molar-refractivity contribution >= 4 is 51.8 Å². The topological polar surface area (TPSA) is 145 Å². The Balaban J connectivity index is 0.000000202. The van der Waals surface area contributed by atoms with Gasteiger partial charge in [-0.15, -0.1) is 0 Å². The van der Waals surface area contributed by atoms with Crippen molar-refractivity contribution in [2.24, 2.45) is 11.7 Å². The first kappa shape index (κ1) is 30.3. The number of hydrogen-bond acceptors (Lipinski definition) is 9. The normalized spacial score (nSPS) is 12.2. The van der Waals surface area contributed by atoms with Gasteiger partial charge in [0.2, 0.25) is 0 Å². The van der Waals surface area contributed by atoms with Crippen LogP contribution in [0.3, 0.4) is 0 Å². The molecule has 10 heteroatoms. The molecule has 216 valence electrons. The third kappa shape index (κ3) is 6.96. The summed E-state index contributed by atoms with van der Waals surface area (Å²) in [5.41, 5.74) is 10.1. The molecule has 9 nitrogen and oxygen atoms in total. The first-order chi connectivity index (χ1) is 20.4. The van der Waals surface area contributed by atoms with Crippen LogP contribution in [0.2, 0.25) is 0 Å². The van der Waals surface area contributed by atoms with Gasteiger partial charge in [0.25, 0.3) is 0 Å². The van der Waals surface area contributed by atoms with Crippen LogP contribution in [0.25, 0.3) is 33.1 Å². The second kappa shape index (κ2) is 14.3. The fourth-order valence-electron chi connectivity index (χ4n) is 4.37. The van der Waals surface area contributed by atoms with Crippen LogP contribution in [0.5, 0.6) is 5.75 Å². The van der Waals surface area contributed by atoms with E-state index in [0.29, 0.717) is 17.7 Å². The van der Waals surface area contributed by atoms with Crippen molar-refractivity contribution in [2.75, 3.05) is 19.1 Å². The summed E-state index contributed by atoms with van der Waals surface area (Å²) in [6.45, 7) is 0.179. The van der Waals surface area contributed by atoms with Gasteiger partial charge >= 0.3 is 11.9 Å². The van der Waals surface area contributed by atoms with Crippen molar-refractivity contribution in [3.63, 3.8) is 0 Å².